The van der Waals surface area contributed by atoms with Crippen molar-refractivity contribution in [2.24, 2.45) is 0 Å². The Labute approximate surface area is 124 Å². The van der Waals surface area contributed by atoms with Gasteiger partial charge in [-0.25, -0.2) is 0 Å². The molecular weight excluding hydrogens is 284 g/mol. The van der Waals surface area contributed by atoms with Crippen LogP contribution in [0, 0.1) is 0 Å². The number of hydrogen-bond acceptors (Lipinski definition) is 3. The van der Waals surface area contributed by atoms with E-state index in [1.54, 1.807) is 22.7 Å². The van der Waals surface area contributed by atoms with Crippen LogP contribution in [0.15, 0.2) is 59.3 Å². The van der Waals surface area contributed by atoms with E-state index in [2.05, 4.69) is 35.0 Å². The molecule has 1 N–H and O–H groups in total. The molecule has 2 aromatic heterocycles. The molecule has 1 nitrogen and oxygen atoms in total. The average molecular weight is 296 g/mol. The van der Waals surface area contributed by atoms with Crippen molar-refractivity contribution in [1.29, 1.82) is 0 Å². The number of thiophene rings is 2. The van der Waals surface area contributed by atoms with Crippen LogP contribution in [0.25, 0.3) is 20.2 Å². The number of aliphatic hydroxyl groups excluding tert-OH is 1. The monoisotopic (exact) mass is 296 g/mol. The molecule has 2 aromatic carbocycles. The van der Waals surface area contributed by atoms with Crippen molar-refractivity contribution in [3.05, 3.63) is 70.4 Å². The van der Waals surface area contributed by atoms with Crippen molar-refractivity contribution < 1.29 is 5.11 Å². The van der Waals surface area contributed by atoms with E-state index >= 15 is 0 Å². The SMILES string of the molecule is OC(c1cccc2sccc12)c1cccc2sccc12. The van der Waals surface area contributed by atoms with Gasteiger partial charge < -0.3 is 5.11 Å². The summed E-state index contributed by atoms with van der Waals surface area (Å²) in [5.74, 6) is 0. The molecule has 0 saturated carbocycles. The fourth-order valence-electron chi connectivity index (χ4n) is 2.68. The zero-order valence-electron chi connectivity index (χ0n) is 10.6. The van der Waals surface area contributed by atoms with E-state index in [1.807, 2.05) is 24.3 Å². The first-order valence-corrected chi connectivity index (χ1v) is 8.21. The lowest BCUT2D eigenvalue weighted by molar-refractivity contribution is 0.223. The molecule has 0 spiro atoms. The quantitative estimate of drug-likeness (QED) is 0.539. The maximum Gasteiger partial charge on any atom is 0.105 e. The van der Waals surface area contributed by atoms with E-state index in [1.165, 1.54) is 9.40 Å². The summed E-state index contributed by atoms with van der Waals surface area (Å²) >= 11 is 3.42. The Bertz CT molecular complexity index is 814. The molecule has 0 saturated heterocycles. The van der Waals surface area contributed by atoms with Gasteiger partial charge >= 0.3 is 0 Å². The van der Waals surface area contributed by atoms with Crippen LogP contribution in [0.1, 0.15) is 17.2 Å². The Morgan fingerprint density at radius 3 is 1.70 bits per heavy atom. The van der Waals surface area contributed by atoms with Crippen molar-refractivity contribution in [2.75, 3.05) is 0 Å². The van der Waals surface area contributed by atoms with Crippen molar-refractivity contribution in [2.45, 2.75) is 6.10 Å². The van der Waals surface area contributed by atoms with Crippen LogP contribution in [0.2, 0.25) is 0 Å². The van der Waals surface area contributed by atoms with Gasteiger partial charge in [-0.05, 0) is 56.9 Å². The molecule has 0 aliphatic carbocycles. The topological polar surface area (TPSA) is 20.2 Å². The van der Waals surface area contributed by atoms with Gasteiger partial charge in [0.15, 0.2) is 0 Å². The summed E-state index contributed by atoms with van der Waals surface area (Å²) < 4.78 is 2.44. The Kier molecular flexibility index (Phi) is 2.84. The molecule has 4 aromatic rings. The van der Waals surface area contributed by atoms with Gasteiger partial charge in [0.2, 0.25) is 0 Å². The van der Waals surface area contributed by atoms with Gasteiger partial charge in [0.05, 0.1) is 0 Å². The van der Waals surface area contributed by atoms with E-state index in [0.29, 0.717) is 0 Å². The lowest BCUT2D eigenvalue weighted by Gasteiger charge is -2.14. The van der Waals surface area contributed by atoms with Gasteiger partial charge in [0.1, 0.15) is 6.10 Å². The summed E-state index contributed by atoms with van der Waals surface area (Å²) in [6, 6.07) is 16.5. The number of hydrogen-bond donors (Lipinski definition) is 1. The molecule has 3 heteroatoms. The van der Waals surface area contributed by atoms with Crippen molar-refractivity contribution in [3.8, 4) is 0 Å². The second-order valence-corrected chi connectivity index (χ2v) is 6.66. The number of aliphatic hydroxyl groups is 1. The number of benzene rings is 2. The van der Waals surface area contributed by atoms with E-state index < -0.39 is 6.10 Å². The highest BCUT2D eigenvalue weighted by Gasteiger charge is 2.16. The Balaban J connectivity index is 1.94. The first-order chi connectivity index (χ1) is 9.84. The Hall–Kier alpha value is -1.68. The van der Waals surface area contributed by atoms with Crippen LogP contribution in [0.5, 0.6) is 0 Å². The van der Waals surface area contributed by atoms with Gasteiger partial charge in [0.25, 0.3) is 0 Å². The lowest BCUT2D eigenvalue weighted by atomic mass is 9.96. The van der Waals surface area contributed by atoms with E-state index in [-0.39, 0.29) is 0 Å². The molecule has 4 rings (SSSR count). The third-order valence-electron chi connectivity index (χ3n) is 3.65. The molecule has 0 fully saturated rings. The smallest absolute Gasteiger partial charge is 0.105 e. The van der Waals surface area contributed by atoms with Crippen LogP contribution in [-0.4, -0.2) is 5.11 Å². The highest BCUT2D eigenvalue weighted by atomic mass is 32.1. The van der Waals surface area contributed by atoms with E-state index in [9.17, 15) is 5.11 Å². The average Bonchev–Trinajstić information content (AvgIpc) is 3.13. The molecule has 0 radical (unpaired) electrons. The molecule has 2 heterocycles. The summed E-state index contributed by atoms with van der Waals surface area (Å²) in [4.78, 5) is 0. The molecule has 0 unspecified atom stereocenters. The predicted molar refractivity (Wildman–Crippen MR) is 87.7 cm³/mol. The van der Waals surface area contributed by atoms with Gasteiger partial charge in [-0.3, -0.25) is 0 Å². The normalized spacial score (nSPS) is 11.7. The summed E-state index contributed by atoms with van der Waals surface area (Å²) in [5, 5.41) is 17.3. The molecule has 0 aliphatic heterocycles. The fraction of sp³-hybridized carbons (Fsp3) is 0.0588. The molecule has 20 heavy (non-hydrogen) atoms. The molecular formula is C17H12OS2. The highest BCUT2D eigenvalue weighted by Crippen LogP contribution is 2.35. The number of fused-ring (bicyclic) bond motifs is 2. The standard InChI is InChI=1S/C17H12OS2/c18-17(13-3-1-5-15-11(13)7-9-19-15)14-4-2-6-16-12(14)8-10-20-16/h1-10,17-18H. The number of rotatable bonds is 2. The van der Waals surface area contributed by atoms with Crippen molar-refractivity contribution >= 4 is 42.8 Å². The highest BCUT2D eigenvalue weighted by molar-refractivity contribution is 7.17. The van der Waals surface area contributed by atoms with Crippen LogP contribution >= 0.6 is 22.7 Å². The van der Waals surface area contributed by atoms with Crippen LogP contribution in [0.4, 0.5) is 0 Å². The van der Waals surface area contributed by atoms with Gasteiger partial charge in [-0.15, -0.1) is 22.7 Å². The molecule has 0 aliphatic rings. The Morgan fingerprint density at radius 1 is 0.700 bits per heavy atom. The summed E-state index contributed by atoms with van der Waals surface area (Å²) in [5.41, 5.74) is 1.98. The second-order valence-electron chi connectivity index (χ2n) is 4.76. The first kappa shape index (κ1) is 12.1. The predicted octanol–water partition coefficient (Wildman–Crippen LogP) is 5.20. The molecule has 0 atom stereocenters. The maximum absolute atomic E-state index is 10.8. The van der Waals surface area contributed by atoms with Crippen molar-refractivity contribution in [1.82, 2.24) is 0 Å². The van der Waals surface area contributed by atoms with E-state index in [4.69, 9.17) is 0 Å². The fourth-order valence-corrected chi connectivity index (χ4v) is 4.32. The largest absolute Gasteiger partial charge is 0.384 e. The lowest BCUT2D eigenvalue weighted by Crippen LogP contribution is -2.00. The van der Waals surface area contributed by atoms with Gasteiger partial charge in [0, 0.05) is 9.40 Å². The van der Waals surface area contributed by atoms with Crippen molar-refractivity contribution in [3.63, 3.8) is 0 Å². The third kappa shape index (κ3) is 1.79. The third-order valence-corrected chi connectivity index (χ3v) is 5.41. The maximum atomic E-state index is 10.8. The zero-order valence-corrected chi connectivity index (χ0v) is 12.2. The Morgan fingerprint density at radius 2 is 1.20 bits per heavy atom. The van der Waals surface area contributed by atoms with Gasteiger partial charge in [-0.1, -0.05) is 24.3 Å². The second kappa shape index (κ2) is 4.70. The van der Waals surface area contributed by atoms with Gasteiger partial charge in [-0.2, -0.15) is 0 Å². The minimum Gasteiger partial charge on any atom is -0.384 e. The van der Waals surface area contributed by atoms with Crippen LogP contribution < -0.4 is 0 Å². The molecule has 0 amide bonds. The van der Waals surface area contributed by atoms with E-state index in [0.717, 1.165) is 21.9 Å². The zero-order chi connectivity index (χ0) is 13.5. The molecule has 0 bridgehead atoms. The minimum atomic E-state index is -0.577. The van der Waals surface area contributed by atoms with Crippen LogP contribution in [0.3, 0.4) is 0 Å². The summed E-state index contributed by atoms with van der Waals surface area (Å²) in [6.07, 6.45) is -0.577. The first-order valence-electron chi connectivity index (χ1n) is 6.45. The minimum absolute atomic E-state index is 0.577. The summed E-state index contributed by atoms with van der Waals surface area (Å²) in [7, 11) is 0. The molecule has 98 valence electrons. The summed E-state index contributed by atoms with van der Waals surface area (Å²) in [6.45, 7) is 0. The van der Waals surface area contributed by atoms with Crippen LogP contribution in [-0.2, 0) is 0 Å².